The van der Waals surface area contributed by atoms with E-state index in [1.54, 1.807) is 0 Å². The van der Waals surface area contributed by atoms with Crippen molar-refractivity contribution in [1.29, 1.82) is 0 Å². The lowest BCUT2D eigenvalue weighted by Gasteiger charge is -2.39. The second-order valence-electron chi connectivity index (χ2n) is 5.87. The van der Waals surface area contributed by atoms with Crippen molar-refractivity contribution in [2.24, 2.45) is 0 Å². The first-order chi connectivity index (χ1) is 9.54. The normalized spacial score (nSPS) is 21.6. The minimum atomic E-state index is -0.673. The predicted molar refractivity (Wildman–Crippen MR) is 80.9 cm³/mol. The van der Waals surface area contributed by atoms with Gasteiger partial charge in [-0.25, -0.2) is 0 Å². The molecule has 0 saturated carbocycles. The zero-order valence-electron chi connectivity index (χ0n) is 12.7. The monoisotopic (exact) mass is 275 g/mol. The number of likely N-dealkylation sites (tertiary alicyclic amines) is 1. The fraction of sp³-hybridized carbons (Fsp3) is 0.588. The molecule has 1 aromatic carbocycles. The van der Waals surface area contributed by atoms with E-state index in [0.717, 1.165) is 32.2 Å². The van der Waals surface area contributed by atoms with Gasteiger partial charge < -0.3 is 5.11 Å². The average Bonchev–Trinajstić information content (AvgIpc) is 2.42. The van der Waals surface area contributed by atoms with E-state index < -0.39 is 5.97 Å². The second kappa shape index (κ2) is 6.40. The quantitative estimate of drug-likeness (QED) is 0.911. The molecule has 0 aliphatic carbocycles. The molecule has 1 N–H and O–H groups in total. The highest BCUT2D eigenvalue weighted by Crippen LogP contribution is 2.33. The van der Waals surface area contributed by atoms with Gasteiger partial charge in [0.1, 0.15) is 6.04 Å². The van der Waals surface area contributed by atoms with E-state index in [-0.39, 0.29) is 12.1 Å². The molecule has 1 aliphatic heterocycles. The minimum absolute atomic E-state index is 0.219. The topological polar surface area (TPSA) is 40.5 Å². The Morgan fingerprint density at radius 2 is 2.15 bits per heavy atom. The molecule has 0 aromatic heterocycles. The van der Waals surface area contributed by atoms with Crippen LogP contribution >= 0.6 is 0 Å². The Kier molecular flexibility index (Phi) is 4.81. The molecule has 1 fully saturated rings. The number of aryl methyl sites for hydroxylation is 2. The first kappa shape index (κ1) is 15.0. The highest BCUT2D eigenvalue weighted by atomic mass is 16.4. The number of aliphatic carboxylic acids is 1. The molecule has 0 amide bonds. The Hall–Kier alpha value is -1.35. The Labute approximate surface area is 121 Å². The van der Waals surface area contributed by atoms with Gasteiger partial charge in [0.2, 0.25) is 0 Å². The van der Waals surface area contributed by atoms with Crippen LogP contribution in [-0.4, -0.2) is 28.6 Å². The molecule has 1 aromatic rings. The molecule has 0 bridgehead atoms. The summed E-state index contributed by atoms with van der Waals surface area (Å²) in [6.45, 7) is 7.27. The Morgan fingerprint density at radius 1 is 1.40 bits per heavy atom. The molecule has 2 atom stereocenters. The Balaban J connectivity index is 2.32. The van der Waals surface area contributed by atoms with Gasteiger partial charge in [0.05, 0.1) is 0 Å². The molecule has 1 heterocycles. The number of piperidine rings is 1. The SMILES string of the molecule is CCC(c1ccc(C)cc1C)N1CCCCC1C(=O)O. The number of carboxylic acids is 1. The van der Waals surface area contributed by atoms with Crippen molar-refractivity contribution in [2.75, 3.05) is 6.54 Å². The predicted octanol–water partition coefficient (Wildman–Crippen LogP) is 3.69. The molecule has 1 saturated heterocycles. The zero-order chi connectivity index (χ0) is 14.7. The van der Waals surface area contributed by atoms with Crippen LogP contribution in [0.4, 0.5) is 0 Å². The third kappa shape index (κ3) is 3.04. The van der Waals surface area contributed by atoms with Gasteiger partial charge in [-0.3, -0.25) is 9.69 Å². The van der Waals surface area contributed by atoms with Crippen molar-refractivity contribution in [3.8, 4) is 0 Å². The molecule has 110 valence electrons. The minimum Gasteiger partial charge on any atom is -0.480 e. The number of nitrogens with zero attached hydrogens (tertiary/aromatic N) is 1. The molecular weight excluding hydrogens is 250 g/mol. The fourth-order valence-corrected chi connectivity index (χ4v) is 3.42. The standard InChI is InChI=1S/C17H25NO2/c1-4-15(14-9-8-12(2)11-13(14)3)18-10-6-5-7-16(18)17(19)20/h8-9,11,15-16H,4-7,10H2,1-3H3,(H,19,20). The van der Waals surface area contributed by atoms with Gasteiger partial charge >= 0.3 is 5.97 Å². The van der Waals surface area contributed by atoms with Crippen molar-refractivity contribution in [3.05, 3.63) is 34.9 Å². The first-order valence-corrected chi connectivity index (χ1v) is 7.60. The van der Waals surface area contributed by atoms with Crippen molar-refractivity contribution in [3.63, 3.8) is 0 Å². The van der Waals surface area contributed by atoms with Gasteiger partial charge in [0, 0.05) is 6.04 Å². The van der Waals surface area contributed by atoms with Gasteiger partial charge in [-0.1, -0.05) is 37.1 Å². The first-order valence-electron chi connectivity index (χ1n) is 7.60. The van der Waals surface area contributed by atoms with E-state index in [1.165, 1.54) is 16.7 Å². The van der Waals surface area contributed by atoms with Crippen molar-refractivity contribution < 1.29 is 9.90 Å². The van der Waals surface area contributed by atoms with E-state index in [4.69, 9.17) is 0 Å². The Bertz CT molecular complexity index is 484. The van der Waals surface area contributed by atoms with E-state index >= 15 is 0 Å². The number of carbonyl (C=O) groups is 1. The number of carboxylic acid groups (broad SMARTS) is 1. The molecule has 2 rings (SSSR count). The fourth-order valence-electron chi connectivity index (χ4n) is 3.42. The van der Waals surface area contributed by atoms with Crippen LogP contribution in [0.3, 0.4) is 0 Å². The van der Waals surface area contributed by atoms with Gasteiger partial charge in [-0.15, -0.1) is 0 Å². The van der Waals surface area contributed by atoms with Crippen molar-refractivity contribution in [1.82, 2.24) is 4.90 Å². The van der Waals surface area contributed by atoms with Gasteiger partial charge in [-0.05, 0) is 50.8 Å². The van der Waals surface area contributed by atoms with E-state index in [9.17, 15) is 9.90 Å². The van der Waals surface area contributed by atoms with Crippen LogP contribution in [0.1, 0.15) is 55.3 Å². The van der Waals surface area contributed by atoms with E-state index in [1.807, 2.05) is 0 Å². The van der Waals surface area contributed by atoms with Crippen LogP contribution in [0.25, 0.3) is 0 Å². The lowest BCUT2D eigenvalue weighted by molar-refractivity contribution is -0.146. The molecule has 0 radical (unpaired) electrons. The van der Waals surface area contributed by atoms with Gasteiger partial charge in [-0.2, -0.15) is 0 Å². The maximum Gasteiger partial charge on any atom is 0.320 e. The van der Waals surface area contributed by atoms with Crippen molar-refractivity contribution >= 4 is 5.97 Å². The third-order valence-electron chi connectivity index (χ3n) is 4.40. The van der Waals surface area contributed by atoms with Crippen LogP contribution in [-0.2, 0) is 4.79 Å². The molecular formula is C17H25NO2. The molecule has 1 aliphatic rings. The van der Waals surface area contributed by atoms with Gasteiger partial charge in [0.15, 0.2) is 0 Å². The number of hydrogen-bond acceptors (Lipinski definition) is 2. The van der Waals surface area contributed by atoms with Crippen LogP contribution in [0.15, 0.2) is 18.2 Å². The second-order valence-corrected chi connectivity index (χ2v) is 5.87. The van der Waals surface area contributed by atoms with E-state index in [0.29, 0.717) is 0 Å². The summed E-state index contributed by atoms with van der Waals surface area (Å²) in [5.41, 5.74) is 3.81. The summed E-state index contributed by atoms with van der Waals surface area (Å²) in [5, 5.41) is 9.47. The molecule has 3 heteroatoms. The third-order valence-corrected chi connectivity index (χ3v) is 4.40. The summed E-state index contributed by atoms with van der Waals surface area (Å²) in [6, 6.07) is 6.39. The maximum absolute atomic E-state index is 11.5. The Morgan fingerprint density at radius 3 is 2.75 bits per heavy atom. The van der Waals surface area contributed by atoms with Gasteiger partial charge in [0.25, 0.3) is 0 Å². The molecule has 20 heavy (non-hydrogen) atoms. The zero-order valence-corrected chi connectivity index (χ0v) is 12.7. The highest BCUT2D eigenvalue weighted by Gasteiger charge is 2.33. The molecule has 0 spiro atoms. The summed E-state index contributed by atoms with van der Waals surface area (Å²) in [5.74, 6) is -0.673. The summed E-state index contributed by atoms with van der Waals surface area (Å²) >= 11 is 0. The van der Waals surface area contributed by atoms with Crippen LogP contribution in [0.2, 0.25) is 0 Å². The average molecular weight is 275 g/mol. The molecule has 2 unspecified atom stereocenters. The van der Waals surface area contributed by atoms with E-state index in [2.05, 4.69) is 43.9 Å². The summed E-state index contributed by atoms with van der Waals surface area (Å²) in [4.78, 5) is 13.7. The van der Waals surface area contributed by atoms with Crippen LogP contribution < -0.4 is 0 Å². The summed E-state index contributed by atoms with van der Waals surface area (Å²) in [6.07, 6.45) is 3.85. The largest absolute Gasteiger partial charge is 0.480 e. The lowest BCUT2D eigenvalue weighted by Crippen LogP contribution is -2.46. The lowest BCUT2D eigenvalue weighted by atomic mass is 9.92. The summed E-state index contributed by atoms with van der Waals surface area (Å²) in [7, 11) is 0. The van der Waals surface area contributed by atoms with Crippen LogP contribution in [0, 0.1) is 13.8 Å². The van der Waals surface area contributed by atoms with Crippen LogP contribution in [0.5, 0.6) is 0 Å². The highest BCUT2D eigenvalue weighted by molar-refractivity contribution is 5.73. The smallest absolute Gasteiger partial charge is 0.320 e. The number of hydrogen-bond donors (Lipinski definition) is 1. The number of benzene rings is 1. The molecule has 3 nitrogen and oxygen atoms in total. The van der Waals surface area contributed by atoms with Crippen molar-refractivity contribution in [2.45, 2.75) is 58.5 Å². The summed E-state index contributed by atoms with van der Waals surface area (Å²) < 4.78 is 0. The number of rotatable bonds is 4. The maximum atomic E-state index is 11.5.